The summed E-state index contributed by atoms with van der Waals surface area (Å²) in [5.41, 5.74) is 0.291. The van der Waals surface area contributed by atoms with Gasteiger partial charge in [-0.3, -0.25) is 19.3 Å². The first-order chi connectivity index (χ1) is 16.4. The van der Waals surface area contributed by atoms with E-state index < -0.39 is 17.8 Å². The number of rotatable bonds is 8. The second-order valence-electron chi connectivity index (χ2n) is 9.56. The molecule has 0 spiro atoms. The summed E-state index contributed by atoms with van der Waals surface area (Å²) in [5, 5.41) is 5.53. The maximum absolute atomic E-state index is 14.8. The molecule has 2 N–H and O–H groups in total. The van der Waals surface area contributed by atoms with Gasteiger partial charge in [0.15, 0.2) is 0 Å². The molecule has 1 aromatic heterocycles. The lowest BCUT2D eigenvalue weighted by molar-refractivity contribution is -0.125. The van der Waals surface area contributed by atoms with Gasteiger partial charge in [0.1, 0.15) is 18.5 Å². The van der Waals surface area contributed by atoms with Crippen molar-refractivity contribution in [2.75, 3.05) is 50.1 Å². The molecule has 11 heteroatoms. The van der Waals surface area contributed by atoms with Crippen LogP contribution >= 0.6 is 22.9 Å². The Kier molecular flexibility index (Phi) is 8.87. The van der Waals surface area contributed by atoms with Crippen LogP contribution in [0.3, 0.4) is 0 Å². The lowest BCUT2D eigenvalue weighted by atomic mass is 9.95. The first-order valence-electron chi connectivity index (χ1n) is 11.2. The molecular formula is C24H30ClFN4O4S. The smallest absolute Gasteiger partial charge is 0.261 e. The summed E-state index contributed by atoms with van der Waals surface area (Å²) in [6, 6.07) is 6.75. The second kappa shape index (κ2) is 11.5. The number of hydrogen-bond acceptors (Lipinski definition) is 6. The minimum Gasteiger partial charge on any atom is -0.370 e. The lowest BCUT2D eigenvalue weighted by Crippen LogP contribution is -2.51. The van der Waals surface area contributed by atoms with E-state index in [-0.39, 0.29) is 48.3 Å². The minimum absolute atomic E-state index is 0.0512. The molecule has 2 heterocycles. The summed E-state index contributed by atoms with van der Waals surface area (Å²) < 4.78 is 20.4. The normalized spacial score (nSPS) is 15.3. The van der Waals surface area contributed by atoms with E-state index in [0.717, 1.165) is 11.3 Å². The summed E-state index contributed by atoms with van der Waals surface area (Å²) in [7, 11) is 1.80. The summed E-state index contributed by atoms with van der Waals surface area (Å²) in [5.74, 6) is -1.66. The minimum atomic E-state index is -0.711. The van der Waals surface area contributed by atoms with Crippen LogP contribution < -0.4 is 15.5 Å². The highest BCUT2D eigenvalue weighted by atomic mass is 35.5. The number of carbonyl (C=O) groups excluding carboxylic acids is 3. The van der Waals surface area contributed by atoms with Gasteiger partial charge in [0.05, 0.1) is 21.5 Å². The molecule has 0 radical (unpaired) electrons. The number of carbonyl (C=O) groups is 3. The molecule has 1 saturated heterocycles. The molecule has 1 atom stereocenters. The first-order valence-corrected chi connectivity index (χ1v) is 12.4. The maximum Gasteiger partial charge on any atom is 0.261 e. The van der Waals surface area contributed by atoms with Crippen molar-refractivity contribution < 1.29 is 23.5 Å². The number of hydrogen-bond donors (Lipinski definition) is 2. The molecule has 0 unspecified atom stereocenters. The van der Waals surface area contributed by atoms with Crippen LogP contribution in [0, 0.1) is 11.2 Å². The quantitative estimate of drug-likeness (QED) is 0.550. The standard InChI is InChI=1S/C24H30ClFN4O4S/c1-24(2,3)14-29(4)18(12-27-23(33)19-7-8-20(25)35-19)22(32)28-15-5-6-17(16(26)11-15)30-9-10-34-13-21(30)31/h5-8,11,18H,9-10,12-14H2,1-4H3,(H,27,33)(H,28,32)/t18-/m1/s1. The van der Waals surface area contributed by atoms with Gasteiger partial charge < -0.3 is 20.3 Å². The average Bonchev–Trinajstić information content (AvgIpc) is 3.20. The molecule has 1 aliphatic heterocycles. The van der Waals surface area contributed by atoms with Crippen LogP contribution in [0.2, 0.25) is 4.34 Å². The van der Waals surface area contributed by atoms with Crippen molar-refractivity contribution >= 4 is 52.0 Å². The van der Waals surface area contributed by atoms with Crippen LogP contribution in [-0.2, 0) is 14.3 Å². The summed E-state index contributed by atoms with van der Waals surface area (Å²) in [6.45, 7) is 7.27. The first kappa shape index (κ1) is 27.1. The molecule has 8 nitrogen and oxygen atoms in total. The van der Waals surface area contributed by atoms with Crippen molar-refractivity contribution in [3.63, 3.8) is 0 Å². The van der Waals surface area contributed by atoms with Crippen molar-refractivity contribution in [2.45, 2.75) is 26.8 Å². The molecule has 1 aromatic carbocycles. The Hall–Kier alpha value is -2.53. The molecular weight excluding hydrogens is 495 g/mol. The Balaban J connectivity index is 1.73. The van der Waals surface area contributed by atoms with Crippen LogP contribution in [0.15, 0.2) is 30.3 Å². The van der Waals surface area contributed by atoms with Crippen LogP contribution in [0.1, 0.15) is 30.4 Å². The number of halogens is 2. The fourth-order valence-electron chi connectivity index (χ4n) is 3.82. The zero-order valence-corrected chi connectivity index (χ0v) is 21.8. The average molecular weight is 525 g/mol. The number of anilines is 2. The van der Waals surface area contributed by atoms with Gasteiger partial charge in [0.25, 0.3) is 11.8 Å². The largest absolute Gasteiger partial charge is 0.370 e. The van der Waals surface area contributed by atoms with E-state index >= 15 is 0 Å². The van der Waals surface area contributed by atoms with E-state index in [9.17, 15) is 18.8 Å². The number of ether oxygens (including phenoxy) is 1. The molecule has 35 heavy (non-hydrogen) atoms. The van der Waals surface area contributed by atoms with Crippen molar-refractivity contribution in [2.24, 2.45) is 5.41 Å². The highest BCUT2D eigenvalue weighted by Crippen LogP contribution is 2.25. The molecule has 1 fully saturated rings. The van der Waals surface area contributed by atoms with Gasteiger partial charge >= 0.3 is 0 Å². The highest BCUT2D eigenvalue weighted by molar-refractivity contribution is 7.18. The van der Waals surface area contributed by atoms with Crippen molar-refractivity contribution in [3.8, 4) is 0 Å². The van der Waals surface area contributed by atoms with E-state index in [2.05, 4.69) is 10.6 Å². The molecule has 2 aromatic rings. The van der Waals surface area contributed by atoms with E-state index in [1.165, 1.54) is 17.0 Å². The van der Waals surface area contributed by atoms with E-state index in [4.69, 9.17) is 16.3 Å². The summed E-state index contributed by atoms with van der Waals surface area (Å²) in [4.78, 5) is 41.4. The Labute approximate surface area is 213 Å². The van der Waals surface area contributed by atoms with Gasteiger partial charge in [-0.15, -0.1) is 11.3 Å². The Morgan fingerprint density at radius 3 is 2.63 bits per heavy atom. The van der Waals surface area contributed by atoms with Gasteiger partial charge in [-0.25, -0.2) is 4.39 Å². The molecule has 1 aliphatic rings. The Morgan fingerprint density at radius 2 is 2.03 bits per heavy atom. The number of benzene rings is 1. The van der Waals surface area contributed by atoms with E-state index in [1.54, 1.807) is 25.2 Å². The third kappa shape index (κ3) is 7.47. The monoisotopic (exact) mass is 524 g/mol. The van der Waals surface area contributed by atoms with Gasteiger partial charge in [-0.1, -0.05) is 32.4 Å². The topological polar surface area (TPSA) is 91.0 Å². The van der Waals surface area contributed by atoms with Gasteiger partial charge in [0, 0.05) is 25.3 Å². The molecule has 0 bridgehead atoms. The number of thiophene rings is 1. The molecule has 0 aliphatic carbocycles. The van der Waals surface area contributed by atoms with Crippen LogP contribution in [0.5, 0.6) is 0 Å². The van der Waals surface area contributed by atoms with Crippen LogP contribution in [0.4, 0.5) is 15.8 Å². The molecule has 190 valence electrons. The van der Waals surface area contributed by atoms with Gasteiger partial charge in [-0.2, -0.15) is 0 Å². The number of nitrogens with zero attached hydrogens (tertiary/aromatic N) is 2. The molecule has 3 amide bonds. The van der Waals surface area contributed by atoms with E-state index in [0.29, 0.717) is 22.4 Å². The predicted molar refractivity (Wildman–Crippen MR) is 136 cm³/mol. The number of nitrogens with one attached hydrogen (secondary N) is 2. The van der Waals surface area contributed by atoms with Crippen molar-refractivity contribution in [1.82, 2.24) is 10.2 Å². The van der Waals surface area contributed by atoms with Crippen molar-refractivity contribution in [3.05, 3.63) is 45.4 Å². The van der Waals surface area contributed by atoms with Crippen LogP contribution in [-0.4, -0.2) is 68.6 Å². The molecule has 3 rings (SSSR count). The molecule has 0 saturated carbocycles. The Morgan fingerprint density at radius 1 is 1.29 bits per heavy atom. The van der Waals surface area contributed by atoms with Gasteiger partial charge in [0.2, 0.25) is 5.91 Å². The highest BCUT2D eigenvalue weighted by Gasteiger charge is 2.28. The fraction of sp³-hybridized carbons (Fsp3) is 0.458. The third-order valence-corrected chi connectivity index (χ3v) is 6.53. The third-order valence-electron chi connectivity index (χ3n) is 5.30. The number of amides is 3. The van der Waals surface area contributed by atoms with E-state index in [1.807, 2.05) is 25.7 Å². The SMILES string of the molecule is CN(CC(C)(C)C)[C@H](CNC(=O)c1ccc(Cl)s1)C(=O)Nc1ccc(N2CCOCC2=O)c(F)c1. The summed E-state index contributed by atoms with van der Waals surface area (Å²) >= 11 is 7.07. The van der Waals surface area contributed by atoms with Crippen molar-refractivity contribution in [1.29, 1.82) is 0 Å². The van der Waals surface area contributed by atoms with Gasteiger partial charge in [-0.05, 0) is 42.8 Å². The number of likely N-dealkylation sites (N-methyl/N-ethyl adjacent to an activating group) is 1. The lowest BCUT2D eigenvalue weighted by Gasteiger charge is -2.32. The fourth-order valence-corrected chi connectivity index (χ4v) is 4.78. The summed E-state index contributed by atoms with van der Waals surface area (Å²) in [6.07, 6.45) is 0. The zero-order valence-electron chi connectivity index (χ0n) is 20.2. The number of morpholine rings is 1. The zero-order chi connectivity index (χ0) is 25.8. The Bertz CT molecular complexity index is 1090. The maximum atomic E-state index is 14.8. The predicted octanol–water partition coefficient (Wildman–Crippen LogP) is 3.62. The van der Waals surface area contributed by atoms with Crippen LogP contribution in [0.25, 0.3) is 0 Å². The second-order valence-corrected chi connectivity index (χ2v) is 11.3.